The van der Waals surface area contributed by atoms with Crippen molar-refractivity contribution in [2.75, 3.05) is 26.2 Å². The lowest BCUT2D eigenvalue weighted by Gasteiger charge is -2.33. The molecule has 1 aliphatic heterocycles. The number of carbonyl (C=O) groups is 1. The standard InChI is InChI=1S/C13H18N2O/c1-11-9-14-7-8-15(11)10-13(16)12-5-3-2-4-6-12/h2-6,11,14H,7-10H2,1H3. The second-order valence-corrected chi connectivity index (χ2v) is 4.31. The largest absolute Gasteiger partial charge is 0.314 e. The number of hydrogen-bond acceptors (Lipinski definition) is 3. The average Bonchev–Trinajstić information content (AvgIpc) is 2.33. The monoisotopic (exact) mass is 218 g/mol. The van der Waals surface area contributed by atoms with Crippen LogP contribution < -0.4 is 5.32 Å². The number of hydrogen-bond donors (Lipinski definition) is 1. The van der Waals surface area contributed by atoms with Gasteiger partial charge in [-0.2, -0.15) is 0 Å². The van der Waals surface area contributed by atoms with Crippen LogP contribution in [-0.2, 0) is 0 Å². The van der Waals surface area contributed by atoms with E-state index in [9.17, 15) is 4.79 Å². The summed E-state index contributed by atoms with van der Waals surface area (Å²) >= 11 is 0. The van der Waals surface area contributed by atoms with Crippen molar-refractivity contribution < 1.29 is 4.79 Å². The minimum atomic E-state index is 0.217. The molecule has 0 aliphatic carbocycles. The number of piperazine rings is 1. The molecule has 0 amide bonds. The third kappa shape index (κ3) is 2.68. The molecule has 86 valence electrons. The Morgan fingerprint density at radius 3 is 2.88 bits per heavy atom. The maximum absolute atomic E-state index is 12.0. The van der Waals surface area contributed by atoms with Crippen molar-refractivity contribution in [1.82, 2.24) is 10.2 Å². The zero-order chi connectivity index (χ0) is 11.4. The molecule has 2 rings (SSSR count). The van der Waals surface area contributed by atoms with Crippen LogP contribution in [0, 0.1) is 0 Å². The number of nitrogens with one attached hydrogen (secondary N) is 1. The molecule has 1 N–H and O–H groups in total. The van der Waals surface area contributed by atoms with Gasteiger partial charge in [-0.25, -0.2) is 0 Å². The zero-order valence-electron chi connectivity index (χ0n) is 9.65. The van der Waals surface area contributed by atoms with E-state index < -0.39 is 0 Å². The molecule has 3 heteroatoms. The Balaban J connectivity index is 1.96. The van der Waals surface area contributed by atoms with Crippen LogP contribution in [0.1, 0.15) is 17.3 Å². The van der Waals surface area contributed by atoms with Crippen molar-refractivity contribution in [2.45, 2.75) is 13.0 Å². The minimum Gasteiger partial charge on any atom is -0.314 e. The lowest BCUT2D eigenvalue weighted by Crippen LogP contribution is -2.51. The number of benzene rings is 1. The highest BCUT2D eigenvalue weighted by molar-refractivity contribution is 5.97. The van der Waals surface area contributed by atoms with Crippen molar-refractivity contribution in [2.24, 2.45) is 0 Å². The molecule has 16 heavy (non-hydrogen) atoms. The highest BCUT2D eigenvalue weighted by Gasteiger charge is 2.20. The van der Waals surface area contributed by atoms with Crippen LogP contribution in [0.2, 0.25) is 0 Å². The maximum Gasteiger partial charge on any atom is 0.176 e. The lowest BCUT2D eigenvalue weighted by atomic mass is 10.1. The molecule has 0 bridgehead atoms. The van der Waals surface area contributed by atoms with E-state index in [1.54, 1.807) is 0 Å². The number of nitrogens with zero attached hydrogens (tertiary/aromatic N) is 1. The van der Waals surface area contributed by atoms with Crippen LogP contribution in [-0.4, -0.2) is 42.9 Å². The summed E-state index contributed by atoms with van der Waals surface area (Å²) in [4.78, 5) is 14.2. The van der Waals surface area contributed by atoms with Crippen LogP contribution in [0.25, 0.3) is 0 Å². The Kier molecular flexibility index (Phi) is 3.70. The van der Waals surface area contributed by atoms with Gasteiger partial charge in [-0.15, -0.1) is 0 Å². The van der Waals surface area contributed by atoms with E-state index in [2.05, 4.69) is 17.1 Å². The predicted molar refractivity (Wildman–Crippen MR) is 64.7 cm³/mol. The zero-order valence-corrected chi connectivity index (χ0v) is 9.65. The summed E-state index contributed by atoms with van der Waals surface area (Å²) in [5.74, 6) is 0.217. The summed E-state index contributed by atoms with van der Waals surface area (Å²) < 4.78 is 0. The molecule has 1 fully saturated rings. The fourth-order valence-corrected chi connectivity index (χ4v) is 2.02. The first-order chi connectivity index (χ1) is 7.77. The topological polar surface area (TPSA) is 32.3 Å². The Morgan fingerprint density at radius 1 is 1.44 bits per heavy atom. The molecule has 0 aromatic heterocycles. The minimum absolute atomic E-state index is 0.217. The first kappa shape index (κ1) is 11.3. The molecule has 0 saturated carbocycles. The van der Waals surface area contributed by atoms with Crippen molar-refractivity contribution in [3.8, 4) is 0 Å². The molecule has 1 unspecified atom stereocenters. The smallest absolute Gasteiger partial charge is 0.176 e. The van der Waals surface area contributed by atoms with Gasteiger partial charge < -0.3 is 5.32 Å². The van der Waals surface area contributed by atoms with E-state index in [4.69, 9.17) is 0 Å². The molecule has 1 heterocycles. The quantitative estimate of drug-likeness (QED) is 0.773. The third-order valence-electron chi connectivity index (χ3n) is 3.08. The molecule has 1 atom stereocenters. The summed E-state index contributed by atoms with van der Waals surface area (Å²) in [5, 5.41) is 3.32. The second-order valence-electron chi connectivity index (χ2n) is 4.31. The Hall–Kier alpha value is -1.19. The van der Waals surface area contributed by atoms with Crippen LogP contribution in [0.5, 0.6) is 0 Å². The first-order valence-corrected chi connectivity index (χ1v) is 5.80. The second kappa shape index (κ2) is 5.23. The van der Waals surface area contributed by atoms with Crippen LogP contribution in [0.15, 0.2) is 30.3 Å². The molecule has 0 radical (unpaired) electrons. The molecular formula is C13H18N2O. The normalized spacial score (nSPS) is 21.9. The van der Waals surface area contributed by atoms with Gasteiger partial charge >= 0.3 is 0 Å². The number of Topliss-reactive ketones (excluding diaryl/α,β-unsaturated/α-hetero) is 1. The van der Waals surface area contributed by atoms with Gasteiger partial charge in [0, 0.05) is 31.2 Å². The van der Waals surface area contributed by atoms with Crippen LogP contribution in [0.4, 0.5) is 0 Å². The Labute approximate surface area is 96.5 Å². The molecule has 1 aliphatic rings. The van der Waals surface area contributed by atoms with Gasteiger partial charge in [0.05, 0.1) is 6.54 Å². The van der Waals surface area contributed by atoms with Crippen molar-refractivity contribution in [3.05, 3.63) is 35.9 Å². The van der Waals surface area contributed by atoms with E-state index in [0.717, 1.165) is 25.2 Å². The third-order valence-corrected chi connectivity index (χ3v) is 3.08. The van der Waals surface area contributed by atoms with Crippen molar-refractivity contribution in [3.63, 3.8) is 0 Å². The number of ketones is 1. The van der Waals surface area contributed by atoms with Gasteiger partial charge in [0.15, 0.2) is 5.78 Å². The van der Waals surface area contributed by atoms with E-state index in [-0.39, 0.29) is 5.78 Å². The Bertz CT molecular complexity index is 350. The SMILES string of the molecule is CC1CNCCN1CC(=O)c1ccccc1. The molecule has 3 nitrogen and oxygen atoms in total. The summed E-state index contributed by atoms with van der Waals surface area (Å²) in [6.45, 7) is 5.60. The molecule has 1 aromatic rings. The first-order valence-electron chi connectivity index (χ1n) is 5.80. The summed E-state index contributed by atoms with van der Waals surface area (Å²) in [6, 6.07) is 9.97. The van der Waals surface area contributed by atoms with Crippen molar-refractivity contribution >= 4 is 5.78 Å². The van der Waals surface area contributed by atoms with E-state index in [0.29, 0.717) is 12.6 Å². The summed E-state index contributed by atoms with van der Waals surface area (Å²) in [6.07, 6.45) is 0. The van der Waals surface area contributed by atoms with Crippen molar-refractivity contribution in [1.29, 1.82) is 0 Å². The fourth-order valence-electron chi connectivity index (χ4n) is 2.02. The van der Waals surface area contributed by atoms with Gasteiger partial charge in [0.25, 0.3) is 0 Å². The average molecular weight is 218 g/mol. The van der Waals surface area contributed by atoms with Gasteiger partial charge in [-0.05, 0) is 6.92 Å². The molecular weight excluding hydrogens is 200 g/mol. The Morgan fingerprint density at radius 2 is 2.19 bits per heavy atom. The van der Waals surface area contributed by atoms with Crippen LogP contribution in [0.3, 0.4) is 0 Å². The number of carbonyl (C=O) groups excluding carboxylic acids is 1. The highest BCUT2D eigenvalue weighted by Crippen LogP contribution is 2.06. The van der Waals surface area contributed by atoms with E-state index in [1.807, 2.05) is 30.3 Å². The molecule has 1 saturated heterocycles. The van der Waals surface area contributed by atoms with Gasteiger partial charge in [-0.1, -0.05) is 30.3 Å². The van der Waals surface area contributed by atoms with Gasteiger partial charge in [-0.3, -0.25) is 9.69 Å². The molecule has 1 aromatic carbocycles. The number of rotatable bonds is 3. The van der Waals surface area contributed by atoms with E-state index >= 15 is 0 Å². The fraction of sp³-hybridized carbons (Fsp3) is 0.462. The maximum atomic E-state index is 12.0. The summed E-state index contributed by atoms with van der Waals surface area (Å²) in [5.41, 5.74) is 0.813. The summed E-state index contributed by atoms with van der Waals surface area (Å²) in [7, 11) is 0. The van der Waals surface area contributed by atoms with Gasteiger partial charge in [0.2, 0.25) is 0 Å². The predicted octanol–water partition coefficient (Wildman–Crippen LogP) is 1.16. The van der Waals surface area contributed by atoms with Gasteiger partial charge in [0.1, 0.15) is 0 Å². The highest BCUT2D eigenvalue weighted by atomic mass is 16.1. The van der Waals surface area contributed by atoms with E-state index in [1.165, 1.54) is 0 Å². The van der Waals surface area contributed by atoms with Crippen LogP contribution >= 0.6 is 0 Å². The lowest BCUT2D eigenvalue weighted by molar-refractivity contribution is 0.0875. The molecule has 0 spiro atoms.